The lowest BCUT2D eigenvalue weighted by Gasteiger charge is -2.25. The molecule has 1 fully saturated rings. The zero-order chi connectivity index (χ0) is 10.9. The topological polar surface area (TPSA) is 38.0 Å². The summed E-state index contributed by atoms with van der Waals surface area (Å²) in [5.74, 6) is 5.63. The molecule has 0 aromatic carbocycles. The average molecular weight is 204 g/mol. The van der Waals surface area contributed by atoms with Gasteiger partial charge >= 0.3 is 0 Å². The number of nitrogens with zero attached hydrogens (tertiary/aromatic N) is 2. The van der Waals surface area contributed by atoms with Crippen LogP contribution in [0, 0.1) is 11.8 Å². The third-order valence-corrected chi connectivity index (χ3v) is 2.55. The van der Waals surface area contributed by atoms with Crippen LogP contribution in [0.25, 0.3) is 0 Å². The number of aliphatic hydroxyl groups is 1. The second-order valence-corrected chi connectivity index (χ2v) is 4.57. The summed E-state index contributed by atoms with van der Waals surface area (Å²) in [6.45, 7) is 3.34. The van der Waals surface area contributed by atoms with E-state index < -0.39 is 5.60 Å². The minimum atomic E-state index is -0.944. The Bertz CT molecular complexity index is 399. The Kier molecular flexibility index (Phi) is 2.54. The lowest BCUT2D eigenvalue weighted by molar-refractivity contribution is 0.143. The van der Waals surface area contributed by atoms with Crippen LogP contribution < -0.4 is 0 Å². The van der Waals surface area contributed by atoms with Crippen molar-refractivity contribution in [2.75, 3.05) is 0 Å². The molecule has 15 heavy (non-hydrogen) atoms. The van der Waals surface area contributed by atoms with E-state index in [-0.39, 0.29) is 0 Å². The summed E-state index contributed by atoms with van der Waals surface area (Å²) >= 11 is 0. The molecule has 0 aliphatic heterocycles. The van der Waals surface area contributed by atoms with Crippen molar-refractivity contribution >= 4 is 0 Å². The van der Waals surface area contributed by atoms with Crippen LogP contribution in [0.1, 0.15) is 44.8 Å². The van der Waals surface area contributed by atoms with Crippen molar-refractivity contribution in [2.45, 2.75) is 44.8 Å². The van der Waals surface area contributed by atoms with Crippen LogP contribution in [-0.2, 0) is 0 Å². The predicted octanol–water partition coefficient (Wildman–Crippen LogP) is 1.73. The molecule has 0 atom stereocenters. The predicted molar refractivity (Wildman–Crippen MR) is 58.3 cm³/mol. The highest BCUT2D eigenvalue weighted by Crippen LogP contribution is 2.30. The van der Waals surface area contributed by atoms with Crippen LogP contribution in [0.5, 0.6) is 0 Å². The molecule has 0 radical (unpaired) electrons. The molecule has 2 rings (SSSR count). The van der Waals surface area contributed by atoms with Crippen molar-refractivity contribution in [3.8, 4) is 11.8 Å². The van der Waals surface area contributed by atoms with Crippen molar-refractivity contribution in [1.82, 2.24) is 9.78 Å². The fraction of sp³-hybridized carbons (Fsp3) is 0.583. The van der Waals surface area contributed by atoms with E-state index in [1.807, 2.05) is 16.9 Å². The van der Waals surface area contributed by atoms with E-state index in [0.29, 0.717) is 6.04 Å². The van der Waals surface area contributed by atoms with Crippen LogP contribution >= 0.6 is 0 Å². The van der Waals surface area contributed by atoms with Crippen molar-refractivity contribution < 1.29 is 5.11 Å². The van der Waals surface area contributed by atoms with Gasteiger partial charge in [-0.25, -0.2) is 0 Å². The van der Waals surface area contributed by atoms with Crippen molar-refractivity contribution in [2.24, 2.45) is 0 Å². The van der Waals surface area contributed by atoms with Gasteiger partial charge in [-0.1, -0.05) is 5.92 Å². The molecule has 0 amide bonds. The van der Waals surface area contributed by atoms with E-state index in [9.17, 15) is 5.11 Å². The van der Waals surface area contributed by atoms with Gasteiger partial charge in [0, 0.05) is 6.20 Å². The summed E-state index contributed by atoms with van der Waals surface area (Å²) < 4.78 is 1.98. The smallest absolute Gasteiger partial charge is 0.135 e. The molecule has 1 aliphatic carbocycles. The SMILES string of the molecule is CC(C)(O)C#Cc1ccn(C2CCC2)n1. The minimum absolute atomic E-state index is 0.572. The molecule has 0 unspecified atom stereocenters. The number of hydrogen-bond acceptors (Lipinski definition) is 2. The number of rotatable bonds is 1. The van der Waals surface area contributed by atoms with Gasteiger partial charge < -0.3 is 5.11 Å². The molecular formula is C12H16N2O. The summed E-state index contributed by atoms with van der Waals surface area (Å²) in [7, 11) is 0. The molecule has 0 spiro atoms. The van der Waals surface area contributed by atoms with Gasteiger partial charge in [0.15, 0.2) is 0 Å². The Balaban J connectivity index is 2.09. The minimum Gasteiger partial charge on any atom is -0.378 e. The van der Waals surface area contributed by atoms with Gasteiger partial charge in [-0.2, -0.15) is 5.10 Å². The molecule has 1 aromatic rings. The van der Waals surface area contributed by atoms with Crippen LogP contribution in [0.15, 0.2) is 12.3 Å². The van der Waals surface area contributed by atoms with E-state index in [4.69, 9.17) is 0 Å². The van der Waals surface area contributed by atoms with E-state index in [1.54, 1.807) is 13.8 Å². The highest BCUT2D eigenvalue weighted by molar-refractivity contribution is 5.28. The van der Waals surface area contributed by atoms with Gasteiger partial charge in [0.1, 0.15) is 11.3 Å². The molecule has 80 valence electrons. The first-order chi connectivity index (χ1) is 7.04. The van der Waals surface area contributed by atoms with E-state index in [2.05, 4.69) is 16.9 Å². The van der Waals surface area contributed by atoms with Crippen LogP contribution in [-0.4, -0.2) is 20.5 Å². The quantitative estimate of drug-likeness (QED) is 0.707. The Labute approximate surface area is 90.1 Å². The summed E-state index contributed by atoms with van der Waals surface area (Å²) in [4.78, 5) is 0. The van der Waals surface area contributed by atoms with Gasteiger partial charge in [-0.3, -0.25) is 4.68 Å². The number of aromatic nitrogens is 2. The molecule has 1 aliphatic rings. The highest BCUT2D eigenvalue weighted by atomic mass is 16.3. The average Bonchev–Trinajstić information content (AvgIpc) is 2.45. The zero-order valence-corrected chi connectivity index (χ0v) is 9.20. The van der Waals surface area contributed by atoms with Gasteiger partial charge in [-0.05, 0) is 45.1 Å². The summed E-state index contributed by atoms with van der Waals surface area (Å²) in [6, 6.07) is 2.47. The van der Waals surface area contributed by atoms with Crippen molar-refractivity contribution in [1.29, 1.82) is 0 Å². The Morgan fingerprint density at radius 3 is 2.80 bits per heavy atom. The molecular weight excluding hydrogens is 188 g/mol. The third-order valence-electron chi connectivity index (χ3n) is 2.55. The first kappa shape index (κ1) is 10.3. The van der Waals surface area contributed by atoms with Gasteiger partial charge in [0.25, 0.3) is 0 Å². The maximum atomic E-state index is 9.44. The summed E-state index contributed by atoms with van der Waals surface area (Å²) in [5, 5.41) is 13.8. The van der Waals surface area contributed by atoms with E-state index in [1.165, 1.54) is 19.3 Å². The highest BCUT2D eigenvalue weighted by Gasteiger charge is 2.19. The first-order valence-corrected chi connectivity index (χ1v) is 5.35. The zero-order valence-electron chi connectivity index (χ0n) is 9.20. The molecule has 1 N–H and O–H groups in total. The standard InChI is InChI=1S/C12H16N2O/c1-12(2,15)8-6-10-7-9-14(13-10)11-4-3-5-11/h7,9,11,15H,3-5H2,1-2H3. The summed E-state index contributed by atoms with van der Waals surface area (Å²) in [6.07, 6.45) is 5.72. The Morgan fingerprint density at radius 2 is 2.27 bits per heavy atom. The molecule has 0 saturated heterocycles. The van der Waals surface area contributed by atoms with Gasteiger partial charge in [-0.15, -0.1) is 0 Å². The van der Waals surface area contributed by atoms with Gasteiger partial charge in [0.05, 0.1) is 6.04 Å². The van der Waals surface area contributed by atoms with Crippen LogP contribution in [0.2, 0.25) is 0 Å². The molecule has 0 bridgehead atoms. The maximum absolute atomic E-state index is 9.44. The molecule has 1 saturated carbocycles. The molecule has 3 heteroatoms. The monoisotopic (exact) mass is 204 g/mol. The van der Waals surface area contributed by atoms with E-state index in [0.717, 1.165) is 5.69 Å². The second kappa shape index (κ2) is 3.71. The van der Waals surface area contributed by atoms with Crippen molar-refractivity contribution in [3.05, 3.63) is 18.0 Å². The molecule has 1 heterocycles. The largest absolute Gasteiger partial charge is 0.378 e. The second-order valence-electron chi connectivity index (χ2n) is 4.57. The Morgan fingerprint density at radius 1 is 1.53 bits per heavy atom. The van der Waals surface area contributed by atoms with Crippen LogP contribution in [0.4, 0.5) is 0 Å². The third kappa shape index (κ3) is 2.60. The fourth-order valence-corrected chi connectivity index (χ4v) is 1.48. The summed E-state index contributed by atoms with van der Waals surface area (Å²) in [5.41, 5.74) is -0.204. The lowest BCUT2D eigenvalue weighted by Crippen LogP contribution is -2.17. The number of hydrogen-bond donors (Lipinski definition) is 1. The first-order valence-electron chi connectivity index (χ1n) is 5.35. The van der Waals surface area contributed by atoms with Crippen molar-refractivity contribution in [3.63, 3.8) is 0 Å². The Hall–Kier alpha value is -1.27. The fourth-order valence-electron chi connectivity index (χ4n) is 1.48. The van der Waals surface area contributed by atoms with Gasteiger partial charge in [0.2, 0.25) is 0 Å². The van der Waals surface area contributed by atoms with E-state index >= 15 is 0 Å². The molecule has 3 nitrogen and oxygen atoms in total. The molecule has 1 aromatic heterocycles. The normalized spacial score (nSPS) is 16.7. The lowest BCUT2D eigenvalue weighted by atomic mass is 9.93. The van der Waals surface area contributed by atoms with Crippen LogP contribution in [0.3, 0.4) is 0 Å². The maximum Gasteiger partial charge on any atom is 0.135 e.